The maximum Gasteiger partial charge on any atom is 0.323 e. The number of carbonyl (C=O) groups is 2. The summed E-state index contributed by atoms with van der Waals surface area (Å²) in [7, 11) is 2.64. The summed E-state index contributed by atoms with van der Waals surface area (Å²) in [5.74, 6) is -0.845. The number of rotatable bonds is 7. The molecule has 9 heteroatoms. The molecule has 2 aromatic rings. The molecule has 1 atom stereocenters. The van der Waals surface area contributed by atoms with E-state index in [4.69, 9.17) is 14.7 Å². The molecule has 30 heavy (non-hydrogen) atoms. The Morgan fingerprint density at radius 3 is 2.57 bits per heavy atom. The molecule has 0 spiro atoms. The van der Waals surface area contributed by atoms with E-state index in [0.717, 1.165) is 29.2 Å². The maximum absolute atomic E-state index is 12.1. The van der Waals surface area contributed by atoms with Crippen molar-refractivity contribution < 1.29 is 19.1 Å². The van der Waals surface area contributed by atoms with Crippen LogP contribution in [0.5, 0.6) is 0 Å². The monoisotopic (exact) mass is 428 g/mol. The molecule has 0 saturated carbocycles. The van der Waals surface area contributed by atoms with E-state index in [1.165, 1.54) is 25.6 Å². The number of hydrogen-bond donors (Lipinski definition) is 1. The van der Waals surface area contributed by atoms with Gasteiger partial charge in [-0.15, -0.1) is 11.3 Å². The lowest BCUT2D eigenvalue weighted by Gasteiger charge is -2.36. The smallest absolute Gasteiger partial charge is 0.323 e. The lowest BCUT2D eigenvalue weighted by Crippen LogP contribution is -2.49. The topological polar surface area (TPSA) is 105 Å². The fourth-order valence-electron chi connectivity index (χ4n) is 3.46. The molecule has 8 nitrogen and oxygen atoms in total. The van der Waals surface area contributed by atoms with Crippen LogP contribution in [0.1, 0.15) is 24.8 Å². The Balaban J connectivity index is 1.56. The molecule has 0 aliphatic carbocycles. The summed E-state index contributed by atoms with van der Waals surface area (Å²) in [5.41, 5.74) is 2.46. The van der Waals surface area contributed by atoms with Gasteiger partial charge < -0.3 is 14.8 Å². The third-order valence-corrected chi connectivity index (χ3v) is 5.95. The normalized spacial score (nSPS) is 15.8. The molecule has 1 saturated heterocycles. The highest BCUT2D eigenvalue weighted by Crippen LogP contribution is 2.27. The van der Waals surface area contributed by atoms with Crippen molar-refractivity contribution in [2.45, 2.75) is 31.3 Å². The SMILES string of the molecule is COC(=O)CC(C(=O)OC)N1CCC(Nc2nc(-c3ccc(C#N)cc3)cs2)CC1. The summed E-state index contributed by atoms with van der Waals surface area (Å²) in [6.07, 6.45) is 1.63. The summed E-state index contributed by atoms with van der Waals surface area (Å²) in [5, 5.41) is 15.2. The highest BCUT2D eigenvalue weighted by molar-refractivity contribution is 7.14. The third kappa shape index (κ3) is 5.34. The van der Waals surface area contributed by atoms with Crippen molar-refractivity contribution in [3.05, 3.63) is 35.2 Å². The predicted molar refractivity (Wildman–Crippen MR) is 113 cm³/mol. The molecule has 0 bridgehead atoms. The Morgan fingerprint density at radius 2 is 1.97 bits per heavy atom. The zero-order chi connectivity index (χ0) is 21.5. The van der Waals surface area contributed by atoms with Gasteiger partial charge in [-0.25, -0.2) is 4.98 Å². The van der Waals surface area contributed by atoms with Crippen LogP contribution < -0.4 is 5.32 Å². The van der Waals surface area contributed by atoms with Gasteiger partial charge in [0, 0.05) is 30.1 Å². The Hall–Kier alpha value is -2.96. The number of likely N-dealkylation sites (tertiary alicyclic amines) is 1. The van der Waals surface area contributed by atoms with Gasteiger partial charge in [0.2, 0.25) is 0 Å². The number of aromatic nitrogens is 1. The number of hydrogen-bond acceptors (Lipinski definition) is 9. The molecule has 1 N–H and O–H groups in total. The van der Waals surface area contributed by atoms with E-state index < -0.39 is 18.0 Å². The van der Waals surface area contributed by atoms with E-state index in [-0.39, 0.29) is 12.5 Å². The first-order valence-electron chi connectivity index (χ1n) is 9.65. The number of nitrogens with zero attached hydrogens (tertiary/aromatic N) is 3. The molecular weight excluding hydrogens is 404 g/mol. The number of nitriles is 1. The van der Waals surface area contributed by atoms with Gasteiger partial charge in [-0.1, -0.05) is 12.1 Å². The Bertz CT molecular complexity index is 914. The first kappa shape index (κ1) is 21.7. The number of methoxy groups -OCH3 is 2. The first-order valence-corrected chi connectivity index (χ1v) is 10.5. The van der Waals surface area contributed by atoms with Gasteiger partial charge >= 0.3 is 11.9 Å². The highest BCUT2D eigenvalue weighted by atomic mass is 32.1. The second-order valence-corrected chi connectivity index (χ2v) is 7.86. The van der Waals surface area contributed by atoms with Crippen molar-refractivity contribution in [1.82, 2.24) is 9.88 Å². The van der Waals surface area contributed by atoms with E-state index in [1.807, 2.05) is 22.4 Å². The largest absolute Gasteiger partial charge is 0.469 e. The van der Waals surface area contributed by atoms with E-state index >= 15 is 0 Å². The highest BCUT2D eigenvalue weighted by Gasteiger charge is 2.32. The minimum absolute atomic E-state index is 0.0122. The second kappa shape index (κ2) is 10.2. The molecule has 1 fully saturated rings. The third-order valence-electron chi connectivity index (χ3n) is 5.17. The van der Waals surface area contributed by atoms with Crippen LogP contribution >= 0.6 is 11.3 Å². The fourth-order valence-corrected chi connectivity index (χ4v) is 4.25. The quantitative estimate of drug-likeness (QED) is 0.671. The van der Waals surface area contributed by atoms with Crippen LogP contribution in [0.15, 0.2) is 29.6 Å². The number of benzene rings is 1. The van der Waals surface area contributed by atoms with Gasteiger partial charge in [0.25, 0.3) is 0 Å². The van der Waals surface area contributed by atoms with Crippen molar-refractivity contribution in [1.29, 1.82) is 5.26 Å². The van der Waals surface area contributed by atoms with Crippen LogP contribution in [0.25, 0.3) is 11.3 Å². The van der Waals surface area contributed by atoms with Crippen LogP contribution in [-0.2, 0) is 19.1 Å². The van der Waals surface area contributed by atoms with Gasteiger partial charge in [-0.2, -0.15) is 5.26 Å². The molecule has 2 heterocycles. The second-order valence-electron chi connectivity index (χ2n) is 7.00. The number of anilines is 1. The van der Waals surface area contributed by atoms with E-state index in [1.54, 1.807) is 12.1 Å². The van der Waals surface area contributed by atoms with Gasteiger partial charge in [0.15, 0.2) is 5.13 Å². The molecule has 158 valence electrons. The summed E-state index contributed by atoms with van der Waals surface area (Å²) in [6, 6.07) is 9.08. The molecule has 1 aliphatic heterocycles. The number of carbonyl (C=O) groups excluding carboxylic acids is 2. The average Bonchev–Trinajstić information content (AvgIpc) is 3.26. The van der Waals surface area contributed by atoms with E-state index in [9.17, 15) is 9.59 Å². The van der Waals surface area contributed by atoms with E-state index in [0.29, 0.717) is 18.7 Å². The van der Waals surface area contributed by atoms with Gasteiger partial charge in [-0.05, 0) is 25.0 Å². The Morgan fingerprint density at radius 1 is 1.27 bits per heavy atom. The molecule has 1 unspecified atom stereocenters. The van der Waals surface area contributed by atoms with Crippen LogP contribution in [0, 0.1) is 11.3 Å². The van der Waals surface area contributed by atoms with Crippen molar-refractivity contribution in [3.8, 4) is 17.3 Å². The maximum atomic E-state index is 12.1. The summed E-state index contributed by atoms with van der Waals surface area (Å²) < 4.78 is 9.57. The molecule has 3 rings (SSSR count). The zero-order valence-electron chi connectivity index (χ0n) is 17.0. The van der Waals surface area contributed by atoms with Crippen molar-refractivity contribution in [2.24, 2.45) is 0 Å². The molecular formula is C21H24N4O4S. The standard InChI is InChI=1S/C21H24N4O4S/c1-28-19(26)11-18(20(27)29-2)25-9-7-16(8-10-25)23-21-24-17(13-30-21)15-5-3-14(12-22)4-6-15/h3-6,13,16,18H,7-11H2,1-2H3,(H,23,24). The molecule has 1 aliphatic rings. The fraction of sp³-hybridized carbons (Fsp3) is 0.429. The number of esters is 2. The van der Waals surface area contributed by atoms with Crippen LogP contribution in [0.4, 0.5) is 5.13 Å². The lowest BCUT2D eigenvalue weighted by atomic mass is 10.0. The number of nitrogens with one attached hydrogen (secondary N) is 1. The van der Waals surface area contributed by atoms with Crippen molar-refractivity contribution in [2.75, 3.05) is 32.6 Å². The van der Waals surface area contributed by atoms with Gasteiger partial charge in [-0.3, -0.25) is 14.5 Å². The summed E-state index contributed by atoms with van der Waals surface area (Å²) in [6.45, 7) is 1.34. The van der Waals surface area contributed by atoms with Gasteiger partial charge in [0.05, 0.1) is 38.0 Å². The Kier molecular flexibility index (Phi) is 7.38. The zero-order valence-corrected chi connectivity index (χ0v) is 17.8. The van der Waals surface area contributed by atoms with Gasteiger partial charge in [0.1, 0.15) is 6.04 Å². The molecule has 1 aromatic carbocycles. The number of ether oxygens (including phenoxy) is 2. The molecule has 1 aromatic heterocycles. The van der Waals surface area contributed by atoms with Crippen molar-refractivity contribution >= 4 is 28.4 Å². The first-order chi connectivity index (χ1) is 14.5. The van der Waals surface area contributed by atoms with E-state index in [2.05, 4.69) is 16.4 Å². The average molecular weight is 429 g/mol. The minimum atomic E-state index is -0.619. The van der Waals surface area contributed by atoms with Crippen LogP contribution in [0.3, 0.4) is 0 Å². The molecule has 0 amide bonds. The summed E-state index contributed by atoms with van der Waals surface area (Å²) in [4.78, 5) is 30.4. The number of thiazole rings is 1. The Labute approximate surface area is 179 Å². The van der Waals surface area contributed by atoms with Crippen LogP contribution in [-0.4, -0.2) is 61.2 Å². The van der Waals surface area contributed by atoms with Crippen molar-refractivity contribution in [3.63, 3.8) is 0 Å². The predicted octanol–water partition coefficient (Wildman–Crippen LogP) is 2.66. The summed E-state index contributed by atoms with van der Waals surface area (Å²) >= 11 is 1.54. The molecule has 0 radical (unpaired) electrons. The lowest BCUT2D eigenvalue weighted by molar-refractivity contribution is -0.154. The number of piperidine rings is 1. The van der Waals surface area contributed by atoms with Crippen LogP contribution in [0.2, 0.25) is 0 Å². The minimum Gasteiger partial charge on any atom is -0.469 e.